The molecule has 0 amide bonds. The van der Waals surface area contributed by atoms with Crippen molar-refractivity contribution in [2.75, 3.05) is 11.9 Å². The van der Waals surface area contributed by atoms with E-state index in [1.807, 2.05) is 6.07 Å². The fourth-order valence-corrected chi connectivity index (χ4v) is 1.57. The van der Waals surface area contributed by atoms with Gasteiger partial charge in [-0.2, -0.15) is 23.7 Å². The first-order chi connectivity index (χ1) is 8.38. The van der Waals surface area contributed by atoms with E-state index >= 15 is 0 Å². The lowest BCUT2D eigenvalue weighted by atomic mass is 10.1. The molecule has 0 saturated carbocycles. The lowest BCUT2D eigenvalue weighted by Crippen LogP contribution is -2.28. The maximum atomic E-state index is 12.3. The topological polar surface area (TPSA) is 59.6 Å². The molecule has 0 radical (unpaired) electrons. The zero-order valence-electron chi connectivity index (χ0n) is 8.92. The van der Waals surface area contributed by atoms with Gasteiger partial charge in [0.25, 0.3) is 0 Å². The highest BCUT2D eigenvalue weighted by molar-refractivity contribution is 9.10. The first kappa shape index (κ1) is 14.3. The van der Waals surface area contributed by atoms with E-state index in [1.54, 1.807) is 6.07 Å². The van der Waals surface area contributed by atoms with Crippen molar-refractivity contribution in [1.82, 2.24) is 0 Å². The number of alkyl halides is 3. The summed E-state index contributed by atoms with van der Waals surface area (Å²) in [5.74, 6) is -2.10. The first-order valence-corrected chi connectivity index (χ1v) is 5.57. The van der Waals surface area contributed by atoms with E-state index in [9.17, 15) is 13.2 Å². The lowest BCUT2D eigenvalue weighted by Gasteiger charge is -2.15. The van der Waals surface area contributed by atoms with Gasteiger partial charge in [0.2, 0.25) is 0 Å². The molecule has 0 aliphatic carbocycles. The smallest absolute Gasteiger partial charge is 0.382 e. The number of anilines is 1. The van der Waals surface area contributed by atoms with E-state index in [1.165, 1.54) is 18.2 Å². The van der Waals surface area contributed by atoms with Gasteiger partial charge in [-0.15, -0.1) is 0 Å². The third-order valence-corrected chi connectivity index (χ3v) is 2.64. The van der Waals surface area contributed by atoms with Crippen LogP contribution in [0.4, 0.5) is 18.9 Å². The predicted molar refractivity (Wildman–Crippen MR) is 62.5 cm³/mol. The Hall–Kier alpha value is -1.73. The summed E-state index contributed by atoms with van der Waals surface area (Å²) in [7, 11) is 0. The van der Waals surface area contributed by atoms with Gasteiger partial charge in [0.05, 0.1) is 17.3 Å². The second kappa shape index (κ2) is 5.74. The summed E-state index contributed by atoms with van der Waals surface area (Å²) in [6.45, 7) is -0.587. The Morgan fingerprint density at radius 2 is 2.00 bits per heavy atom. The van der Waals surface area contributed by atoms with Crippen molar-refractivity contribution in [1.29, 1.82) is 10.5 Å². The Labute approximate surface area is 110 Å². The average Bonchev–Trinajstić information content (AvgIpc) is 2.29. The highest BCUT2D eigenvalue weighted by Gasteiger charge is 2.39. The highest BCUT2D eigenvalue weighted by Crippen LogP contribution is 2.27. The van der Waals surface area contributed by atoms with Gasteiger partial charge in [-0.25, -0.2) is 0 Å². The van der Waals surface area contributed by atoms with Crippen molar-refractivity contribution < 1.29 is 13.2 Å². The van der Waals surface area contributed by atoms with E-state index in [-0.39, 0.29) is 11.3 Å². The number of hydrogen-bond acceptors (Lipinski definition) is 3. The predicted octanol–water partition coefficient (Wildman–Crippen LogP) is 3.43. The second-order valence-corrected chi connectivity index (χ2v) is 4.32. The van der Waals surface area contributed by atoms with Gasteiger partial charge in [0.15, 0.2) is 5.92 Å². The van der Waals surface area contributed by atoms with E-state index in [0.29, 0.717) is 4.47 Å². The molecule has 0 spiro atoms. The van der Waals surface area contributed by atoms with Crippen LogP contribution in [-0.2, 0) is 0 Å². The molecule has 1 unspecified atom stereocenters. The minimum absolute atomic E-state index is 0.211. The second-order valence-electron chi connectivity index (χ2n) is 3.41. The van der Waals surface area contributed by atoms with Gasteiger partial charge in [0, 0.05) is 11.0 Å². The van der Waals surface area contributed by atoms with Gasteiger partial charge in [-0.3, -0.25) is 0 Å². The molecule has 0 aromatic heterocycles. The number of nitriles is 2. The van der Waals surface area contributed by atoms with Crippen LogP contribution in [0.25, 0.3) is 0 Å². The van der Waals surface area contributed by atoms with Crippen molar-refractivity contribution in [2.45, 2.75) is 6.18 Å². The fraction of sp³-hybridized carbons (Fsp3) is 0.273. The van der Waals surface area contributed by atoms with Crippen LogP contribution < -0.4 is 5.32 Å². The third kappa shape index (κ3) is 3.64. The molecule has 0 bridgehead atoms. The van der Waals surface area contributed by atoms with E-state index in [4.69, 9.17) is 10.5 Å². The number of halogens is 4. The Morgan fingerprint density at radius 3 is 2.50 bits per heavy atom. The molecule has 0 aliphatic rings. The number of benzene rings is 1. The Kier molecular flexibility index (Phi) is 4.57. The van der Waals surface area contributed by atoms with E-state index in [2.05, 4.69) is 21.2 Å². The van der Waals surface area contributed by atoms with E-state index < -0.39 is 18.6 Å². The zero-order chi connectivity index (χ0) is 13.8. The average molecular weight is 318 g/mol. The van der Waals surface area contributed by atoms with Gasteiger partial charge in [0.1, 0.15) is 6.07 Å². The first-order valence-electron chi connectivity index (χ1n) is 4.78. The molecular weight excluding hydrogens is 311 g/mol. The maximum absolute atomic E-state index is 12.3. The van der Waals surface area contributed by atoms with Gasteiger partial charge >= 0.3 is 6.18 Å². The van der Waals surface area contributed by atoms with Gasteiger partial charge in [-0.1, -0.05) is 15.9 Å². The molecular formula is C11H7BrF3N3. The van der Waals surface area contributed by atoms with Crippen LogP contribution in [-0.4, -0.2) is 12.7 Å². The molecule has 1 rings (SSSR count). The normalized spacial score (nSPS) is 12.3. The van der Waals surface area contributed by atoms with Crippen LogP contribution in [0.5, 0.6) is 0 Å². The SMILES string of the molecule is N#Cc1cc(Br)ccc1NCC(C#N)C(F)(F)F. The molecule has 18 heavy (non-hydrogen) atoms. The molecule has 0 heterocycles. The van der Waals surface area contributed by atoms with Crippen molar-refractivity contribution in [3.05, 3.63) is 28.2 Å². The fourth-order valence-electron chi connectivity index (χ4n) is 1.21. The number of rotatable bonds is 3. The van der Waals surface area contributed by atoms with Crippen molar-refractivity contribution in [2.24, 2.45) is 5.92 Å². The summed E-state index contributed by atoms with van der Waals surface area (Å²) >= 11 is 3.15. The van der Waals surface area contributed by atoms with Crippen molar-refractivity contribution in [3.8, 4) is 12.1 Å². The summed E-state index contributed by atoms with van der Waals surface area (Å²) in [5, 5.41) is 19.7. The zero-order valence-corrected chi connectivity index (χ0v) is 10.5. The van der Waals surface area contributed by atoms with Crippen LogP contribution in [0.1, 0.15) is 5.56 Å². The molecule has 0 saturated heterocycles. The highest BCUT2D eigenvalue weighted by atomic mass is 79.9. The Morgan fingerprint density at radius 1 is 1.33 bits per heavy atom. The maximum Gasteiger partial charge on any atom is 0.406 e. The quantitative estimate of drug-likeness (QED) is 0.929. The minimum atomic E-state index is -4.58. The van der Waals surface area contributed by atoms with Gasteiger partial charge < -0.3 is 5.32 Å². The molecule has 1 aromatic carbocycles. The Bertz CT molecular complexity index is 514. The molecule has 0 aliphatic heterocycles. The lowest BCUT2D eigenvalue weighted by molar-refractivity contribution is -0.155. The van der Waals surface area contributed by atoms with Crippen molar-refractivity contribution >= 4 is 21.6 Å². The molecule has 3 nitrogen and oxygen atoms in total. The molecule has 94 valence electrons. The number of nitrogens with one attached hydrogen (secondary N) is 1. The minimum Gasteiger partial charge on any atom is -0.382 e. The largest absolute Gasteiger partial charge is 0.406 e. The standard InChI is InChI=1S/C11H7BrF3N3/c12-9-1-2-10(7(3-9)4-16)18-6-8(5-17)11(13,14)15/h1-3,8,18H,6H2. The summed E-state index contributed by atoms with van der Waals surface area (Å²) in [5.41, 5.74) is 0.480. The molecule has 1 atom stereocenters. The summed E-state index contributed by atoms with van der Waals surface area (Å²) < 4.78 is 37.7. The molecule has 1 aromatic rings. The molecule has 0 fully saturated rings. The summed E-state index contributed by atoms with van der Waals surface area (Å²) in [6, 6.07) is 7.60. The number of nitrogens with zero attached hydrogens (tertiary/aromatic N) is 2. The monoisotopic (exact) mass is 317 g/mol. The summed E-state index contributed by atoms with van der Waals surface area (Å²) in [4.78, 5) is 0. The summed E-state index contributed by atoms with van der Waals surface area (Å²) in [6.07, 6.45) is -4.58. The molecule has 1 N–H and O–H groups in total. The van der Waals surface area contributed by atoms with Crippen LogP contribution in [0.2, 0.25) is 0 Å². The van der Waals surface area contributed by atoms with Crippen LogP contribution in [0.15, 0.2) is 22.7 Å². The van der Waals surface area contributed by atoms with Crippen molar-refractivity contribution in [3.63, 3.8) is 0 Å². The van der Waals surface area contributed by atoms with Crippen LogP contribution in [0, 0.1) is 28.6 Å². The van der Waals surface area contributed by atoms with Crippen LogP contribution >= 0.6 is 15.9 Å². The third-order valence-electron chi connectivity index (χ3n) is 2.15. The number of hydrogen-bond donors (Lipinski definition) is 1. The van der Waals surface area contributed by atoms with Gasteiger partial charge in [-0.05, 0) is 18.2 Å². The molecule has 7 heteroatoms. The Balaban J connectivity index is 2.82. The van der Waals surface area contributed by atoms with Crippen LogP contribution in [0.3, 0.4) is 0 Å². The van der Waals surface area contributed by atoms with E-state index in [0.717, 1.165) is 0 Å².